The van der Waals surface area contributed by atoms with Crippen LogP contribution in [0.2, 0.25) is 5.02 Å². The van der Waals surface area contributed by atoms with Crippen LogP contribution in [0, 0.1) is 0 Å². The number of nitrogens with one attached hydrogen (secondary N) is 1. The van der Waals surface area contributed by atoms with Gasteiger partial charge < -0.3 is 5.73 Å². The van der Waals surface area contributed by atoms with Crippen molar-refractivity contribution in [3.8, 4) is 0 Å². The maximum absolute atomic E-state index is 12.0. The lowest BCUT2D eigenvalue weighted by Gasteiger charge is -2.11. The Morgan fingerprint density at radius 1 is 1.24 bits per heavy atom. The molecule has 0 radical (unpaired) electrons. The van der Waals surface area contributed by atoms with Gasteiger partial charge in [0.2, 0.25) is 0 Å². The molecular formula is C12H18ClF3N2O2S. The molecule has 0 aliphatic rings. The van der Waals surface area contributed by atoms with Crippen LogP contribution in [0.15, 0.2) is 18.2 Å². The lowest BCUT2D eigenvalue weighted by Crippen LogP contribution is -2.29. The van der Waals surface area contributed by atoms with Crippen LogP contribution in [-0.2, 0) is 10.0 Å². The molecule has 0 amide bonds. The van der Waals surface area contributed by atoms with E-state index in [1.165, 1.54) is 30.1 Å². The Labute approximate surface area is 127 Å². The van der Waals surface area contributed by atoms with E-state index in [1.807, 2.05) is 0 Å². The Kier molecular flexibility index (Phi) is 7.87. The van der Waals surface area contributed by atoms with Gasteiger partial charge in [0.25, 0.3) is 0 Å². The molecule has 0 fully saturated rings. The number of hydrogen-bond acceptors (Lipinski definition) is 3. The van der Waals surface area contributed by atoms with Crippen molar-refractivity contribution in [1.29, 1.82) is 0 Å². The highest BCUT2D eigenvalue weighted by molar-refractivity contribution is 7.93. The van der Waals surface area contributed by atoms with Crippen molar-refractivity contribution in [2.24, 2.45) is 0 Å². The Balaban J connectivity index is 0.000000690. The first-order chi connectivity index (χ1) is 9.55. The van der Waals surface area contributed by atoms with Crippen molar-refractivity contribution in [1.82, 2.24) is 0 Å². The van der Waals surface area contributed by atoms with E-state index >= 15 is 0 Å². The predicted molar refractivity (Wildman–Crippen MR) is 79.7 cm³/mol. The van der Waals surface area contributed by atoms with Crippen molar-refractivity contribution in [2.45, 2.75) is 38.6 Å². The van der Waals surface area contributed by atoms with Crippen molar-refractivity contribution >= 4 is 33.0 Å². The number of sulfonamides is 1. The highest BCUT2D eigenvalue weighted by Gasteiger charge is 2.46. The van der Waals surface area contributed by atoms with Crippen molar-refractivity contribution in [2.75, 3.05) is 10.5 Å². The molecule has 0 aliphatic carbocycles. The molecule has 0 atom stereocenters. The Hall–Kier alpha value is -1.15. The standard InChI is InChI=1S/C7H6ClF3N2O2S.C5H12/c8-5-2-1-4(3-6(5)12)13-16(14,15)7(9,10)11;1-3-5-4-2/h1-3,13H,12H2;3-5H2,1-2H3. The van der Waals surface area contributed by atoms with Crippen LogP contribution in [-0.4, -0.2) is 13.9 Å². The largest absolute Gasteiger partial charge is 0.516 e. The molecule has 4 nitrogen and oxygen atoms in total. The van der Waals surface area contributed by atoms with Crippen LogP contribution in [0.5, 0.6) is 0 Å². The summed E-state index contributed by atoms with van der Waals surface area (Å²) in [6.07, 6.45) is 4.08. The van der Waals surface area contributed by atoms with Gasteiger partial charge in [-0.15, -0.1) is 0 Å². The second kappa shape index (κ2) is 8.33. The monoisotopic (exact) mass is 346 g/mol. The fourth-order valence-electron chi connectivity index (χ4n) is 1.17. The highest BCUT2D eigenvalue weighted by Crippen LogP contribution is 2.28. The molecule has 122 valence electrons. The minimum absolute atomic E-state index is 0.0240. The number of benzene rings is 1. The third-order valence-corrected chi connectivity index (χ3v) is 3.72. The van der Waals surface area contributed by atoms with E-state index in [9.17, 15) is 21.6 Å². The number of rotatable bonds is 4. The summed E-state index contributed by atoms with van der Waals surface area (Å²) in [7, 11) is -5.43. The maximum atomic E-state index is 12.0. The molecule has 1 aromatic rings. The molecule has 0 aliphatic heterocycles. The lowest BCUT2D eigenvalue weighted by atomic mass is 10.3. The summed E-state index contributed by atoms with van der Waals surface area (Å²) in [4.78, 5) is 0. The summed E-state index contributed by atoms with van der Waals surface area (Å²) in [5.41, 5.74) is -0.403. The summed E-state index contributed by atoms with van der Waals surface area (Å²) in [6.45, 7) is 4.42. The summed E-state index contributed by atoms with van der Waals surface area (Å²) < 4.78 is 58.7. The quantitative estimate of drug-likeness (QED) is 0.794. The minimum atomic E-state index is -5.43. The van der Waals surface area contributed by atoms with Gasteiger partial charge in [-0.25, -0.2) is 0 Å². The van der Waals surface area contributed by atoms with E-state index in [0.29, 0.717) is 0 Å². The Morgan fingerprint density at radius 3 is 2.10 bits per heavy atom. The molecule has 0 aromatic heterocycles. The van der Waals surface area contributed by atoms with Crippen LogP contribution in [0.3, 0.4) is 0 Å². The second-order valence-electron chi connectivity index (χ2n) is 4.14. The fourth-order valence-corrected chi connectivity index (χ4v) is 1.84. The SMILES string of the molecule is CCCCC.Nc1cc(NS(=O)(=O)C(F)(F)F)ccc1Cl. The van der Waals surface area contributed by atoms with Crippen LogP contribution < -0.4 is 10.5 Å². The summed E-state index contributed by atoms with van der Waals surface area (Å²) in [5.74, 6) is 0. The molecule has 3 N–H and O–H groups in total. The van der Waals surface area contributed by atoms with Crippen molar-refractivity contribution in [3.05, 3.63) is 23.2 Å². The van der Waals surface area contributed by atoms with Crippen LogP contribution in [0.25, 0.3) is 0 Å². The second-order valence-corrected chi connectivity index (χ2v) is 6.22. The lowest BCUT2D eigenvalue weighted by molar-refractivity contribution is -0.0429. The number of nitrogens with two attached hydrogens (primary N) is 1. The normalized spacial score (nSPS) is 11.5. The van der Waals surface area contributed by atoms with Gasteiger partial charge in [0.15, 0.2) is 0 Å². The molecule has 21 heavy (non-hydrogen) atoms. The molecule has 0 bridgehead atoms. The summed E-state index contributed by atoms with van der Waals surface area (Å²) >= 11 is 5.52. The maximum Gasteiger partial charge on any atom is 0.516 e. The third kappa shape index (κ3) is 6.90. The number of hydrogen-bond donors (Lipinski definition) is 2. The molecular weight excluding hydrogens is 329 g/mol. The number of anilines is 2. The summed E-state index contributed by atoms with van der Waals surface area (Å²) in [5, 5.41) is 0.120. The van der Waals surface area contributed by atoms with E-state index in [2.05, 4.69) is 13.8 Å². The van der Waals surface area contributed by atoms with Gasteiger partial charge in [-0.2, -0.15) is 21.6 Å². The molecule has 1 rings (SSSR count). The van der Waals surface area contributed by atoms with Crippen molar-refractivity contribution < 1.29 is 21.6 Å². The Morgan fingerprint density at radius 2 is 1.76 bits per heavy atom. The average Bonchev–Trinajstić information content (AvgIpc) is 2.34. The number of alkyl halides is 3. The molecule has 0 heterocycles. The smallest absolute Gasteiger partial charge is 0.397 e. The van der Waals surface area contributed by atoms with Crippen molar-refractivity contribution in [3.63, 3.8) is 0 Å². The minimum Gasteiger partial charge on any atom is -0.397 e. The van der Waals surface area contributed by atoms with Gasteiger partial charge >= 0.3 is 15.5 Å². The van der Waals surface area contributed by atoms with E-state index in [1.54, 1.807) is 0 Å². The van der Waals surface area contributed by atoms with Gasteiger partial charge in [0, 0.05) is 0 Å². The molecule has 0 saturated heterocycles. The van der Waals surface area contributed by atoms with Gasteiger partial charge in [-0.1, -0.05) is 44.7 Å². The first-order valence-corrected chi connectivity index (χ1v) is 8.05. The van der Waals surface area contributed by atoms with E-state index < -0.39 is 15.5 Å². The highest BCUT2D eigenvalue weighted by atomic mass is 35.5. The molecule has 0 unspecified atom stereocenters. The van der Waals surface area contributed by atoms with Crippen LogP contribution >= 0.6 is 11.6 Å². The van der Waals surface area contributed by atoms with Gasteiger partial charge in [0.05, 0.1) is 16.4 Å². The predicted octanol–water partition coefficient (Wildman–Crippen LogP) is 4.38. The zero-order chi connectivity index (χ0) is 16.7. The third-order valence-electron chi connectivity index (χ3n) is 2.26. The molecule has 1 aromatic carbocycles. The van der Waals surface area contributed by atoms with Gasteiger partial charge in [0.1, 0.15) is 0 Å². The number of unbranched alkanes of at least 4 members (excludes halogenated alkanes) is 2. The van der Waals surface area contributed by atoms with Gasteiger partial charge in [-0.3, -0.25) is 4.72 Å². The molecule has 9 heteroatoms. The van der Waals surface area contributed by atoms with E-state index in [-0.39, 0.29) is 16.4 Å². The van der Waals surface area contributed by atoms with Crippen LogP contribution in [0.4, 0.5) is 24.5 Å². The average molecular weight is 347 g/mol. The zero-order valence-corrected chi connectivity index (χ0v) is 13.2. The Bertz CT molecular complexity index is 546. The first-order valence-electron chi connectivity index (χ1n) is 6.19. The molecule has 0 saturated carbocycles. The van der Waals surface area contributed by atoms with Gasteiger partial charge in [-0.05, 0) is 18.2 Å². The first kappa shape index (κ1) is 19.9. The van der Waals surface area contributed by atoms with Crippen LogP contribution in [0.1, 0.15) is 33.1 Å². The van der Waals surface area contributed by atoms with E-state index in [0.717, 1.165) is 12.1 Å². The topological polar surface area (TPSA) is 72.2 Å². The molecule has 0 spiro atoms. The number of nitrogen functional groups attached to an aromatic ring is 1. The van der Waals surface area contributed by atoms with E-state index in [4.69, 9.17) is 17.3 Å². The number of halogens is 4. The zero-order valence-electron chi connectivity index (χ0n) is 11.7. The fraction of sp³-hybridized carbons (Fsp3) is 0.500. The summed E-state index contributed by atoms with van der Waals surface area (Å²) in [6, 6.07) is 3.25.